The van der Waals surface area contributed by atoms with Crippen LogP contribution in [-0.4, -0.2) is 33.8 Å². The van der Waals surface area contributed by atoms with Gasteiger partial charge in [-0.1, -0.05) is 0 Å². The average Bonchev–Trinajstić information content (AvgIpc) is 2.15. The van der Waals surface area contributed by atoms with Crippen LogP contribution in [0.2, 0.25) is 0 Å². The number of amidine groups is 2. The quantitative estimate of drug-likeness (QED) is 0.316. The number of nitrogens with one attached hydrogen (secondary N) is 2. The van der Waals surface area contributed by atoms with Crippen molar-refractivity contribution >= 4 is 11.7 Å². The van der Waals surface area contributed by atoms with Gasteiger partial charge in [-0.2, -0.15) is 0 Å². The van der Waals surface area contributed by atoms with Crippen LogP contribution in [0, 0.1) is 5.41 Å². The van der Waals surface area contributed by atoms with Crippen LogP contribution >= 0.6 is 0 Å². The Hall–Kier alpha value is -1.14. The molecular weight excluding hydrogens is 124 g/mol. The summed E-state index contributed by atoms with van der Waals surface area (Å²) in [6.45, 7) is 0.00171. The molecule has 0 aliphatic carbocycles. The van der Waals surface area contributed by atoms with E-state index >= 15 is 0 Å². The molecule has 1 rings (SSSR count). The molecule has 4 N–H and O–H groups in total. The minimum absolute atomic E-state index is 0.00171. The van der Waals surface area contributed by atoms with E-state index in [1.165, 1.54) is 0 Å². The van der Waals surface area contributed by atoms with Crippen molar-refractivity contribution in [2.75, 3.05) is 6.67 Å². The first-order valence-electron chi connectivity index (χ1n) is 2.25. The van der Waals surface area contributed by atoms with Crippen molar-refractivity contribution in [1.29, 1.82) is 5.41 Å². The van der Waals surface area contributed by atoms with Crippen LogP contribution in [0.25, 0.3) is 0 Å². The van der Waals surface area contributed by atoms with Crippen LogP contribution in [0.15, 0.2) is 4.99 Å². The number of rotatable bonds is 0. The molecule has 6 heteroatoms. The van der Waals surface area contributed by atoms with E-state index in [1.807, 2.05) is 0 Å². The van der Waals surface area contributed by atoms with Gasteiger partial charge in [0, 0.05) is 0 Å². The summed E-state index contributed by atoms with van der Waals surface area (Å²) >= 11 is 0. The lowest BCUT2D eigenvalue weighted by atomic mass is 10.6. The lowest BCUT2D eigenvalue weighted by molar-refractivity contribution is -0.00531. The largest absolute Gasteiger partial charge is 0.290 e. The van der Waals surface area contributed by atoms with Crippen LogP contribution in [0.3, 0.4) is 0 Å². The smallest absolute Gasteiger partial charge is 0.192 e. The SMILES string of the molecule is N=C1C(NO)=NCN1O. The molecule has 50 valence electrons. The summed E-state index contributed by atoms with van der Waals surface area (Å²) < 4.78 is 0. The molecule has 0 aromatic rings. The van der Waals surface area contributed by atoms with Crippen LogP contribution < -0.4 is 5.48 Å². The summed E-state index contributed by atoms with van der Waals surface area (Å²) in [5, 5.41) is 24.4. The Labute approximate surface area is 50.9 Å². The predicted molar refractivity (Wildman–Crippen MR) is 28.6 cm³/mol. The maximum absolute atomic E-state index is 8.64. The molecule has 0 unspecified atom stereocenters. The van der Waals surface area contributed by atoms with Gasteiger partial charge in [0.05, 0.1) is 0 Å². The fraction of sp³-hybridized carbons (Fsp3) is 0.333. The maximum atomic E-state index is 8.64. The Bertz CT molecular complexity index is 165. The Balaban J connectivity index is 2.67. The normalized spacial score (nSPS) is 18.2. The van der Waals surface area contributed by atoms with Gasteiger partial charge in [0.25, 0.3) is 0 Å². The van der Waals surface area contributed by atoms with Crippen LogP contribution in [0.1, 0.15) is 0 Å². The third-order valence-electron chi connectivity index (χ3n) is 0.951. The molecule has 9 heavy (non-hydrogen) atoms. The standard InChI is InChI=1S/C3H6N4O2/c4-2-3(6-8)5-1-7(2)9/h4,8-9H,1H2,(H,5,6). The minimum Gasteiger partial charge on any atom is -0.290 e. The van der Waals surface area contributed by atoms with Crippen molar-refractivity contribution in [3.8, 4) is 0 Å². The molecule has 1 aliphatic heterocycles. The van der Waals surface area contributed by atoms with Crippen LogP contribution in [0.4, 0.5) is 0 Å². The molecule has 1 aliphatic rings. The lowest BCUT2D eigenvalue weighted by Gasteiger charge is -2.04. The predicted octanol–water partition coefficient (Wildman–Crippen LogP) is -0.997. The second-order valence-electron chi connectivity index (χ2n) is 1.51. The molecule has 0 spiro atoms. The van der Waals surface area contributed by atoms with E-state index in [1.54, 1.807) is 5.48 Å². The summed E-state index contributed by atoms with van der Waals surface area (Å²) in [4.78, 5) is 3.52. The molecule has 0 saturated heterocycles. The van der Waals surface area contributed by atoms with E-state index in [-0.39, 0.29) is 18.3 Å². The van der Waals surface area contributed by atoms with Gasteiger partial charge < -0.3 is 0 Å². The molecule has 0 saturated carbocycles. The fourth-order valence-corrected chi connectivity index (χ4v) is 0.494. The average molecular weight is 130 g/mol. The van der Waals surface area contributed by atoms with E-state index < -0.39 is 0 Å². The Morgan fingerprint density at radius 1 is 1.78 bits per heavy atom. The highest BCUT2D eigenvalue weighted by Gasteiger charge is 2.18. The van der Waals surface area contributed by atoms with E-state index in [0.717, 1.165) is 0 Å². The molecule has 0 radical (unpaired) electrons. The summed E-state index contributed by atoms with van der Waals surface area (Å²) in [5.41, 5.74) is 1.67. The van der Waals surface area contributed by atoms with Crippen molar-refractivity contribution in [3.63, 3.8) is 0 Å². The summed E-state index contributed by atoms with van der Waals surface area (Å²) in [7, 11) is 0. The zero-order valence-corrected chi connectivity index (χ0v) is 4.50. The van der Waals surface area contributed by atoms with Gasteiger partial charge in [-0.15, -0.1) is 0 Å². The minimum atomic E-state index is -0.225. The molecule has 0 bridgehead atoms. The maximum Gasteiger partial charge on any atom is 0.192 e. The second-order valence-corrected chi connectivity index (χ2v) is 1.51. The summed E-state index contributed by atoms with van der Waals surface area (Å²) in [6, 6.07) is 0. The van der Waals surface area contributed by atoms with E-state index in [2.05, 4.69) is 4.99 Å². The first-order valence-corrected chi connectivity index (χ1v) is 2.25. The third-order valence-corrected chi connectivity index (χ3v) is 0.951. The Morgan fingerprint density at radius 2 is 2.44 bits per heavy atom. The van der Waals surface area contributed by atoms with Crippen molar-refractivity contribution in [2.45, 2.75) is 0 Å². The van der Waals surface area contributed by atoms with Crippen LogP contribution in [0.5, 0.6) is 0 Å². The Morgan fingerprint density at radius 3 is 2.67 bits per heavy atom. The number of hydrogen-bond acceptors (Lipinski definition) is 5. The number of aliphatic imine (C=N–C) groups is 1. The molecule has 1 heterocycles. The Kier molecular flexibility index (Phi) is 1.33. The van der Waals surface area contributed by atoms with Gasteiger partial charge in [-0.05, 0) is 0 Å². The van der Waals surface area contributed by atoms with E-state index in [4.69, 9.17) is 15.8 Å². The van der Waals surface area contributed by atoms with E-state index in [9.17, 15) is 0 Å². The number of hydroxylamine groups is 3. The first kappa shape index (κ1) is 5.99. The summed E-state index contributed by atoms with van der Waals surface area (Å²) in [6.07, 6.45) is 0. The lowest BCUT2D eigenvalue weighted by Crippen LogP contribution is -2.32. The topological polar surface area (TPSA) is 91.9 Å². The van der Waals surface area contributed by atoms with Gasteiger partial charge in [-0.3, -0.25) is 15.8 Å². The van der Waals surface area contributed by atoms with Gasteiger partial charge >= 0.3 is 0 Å². The van der Waals surface area contributed by atoms with Crippen molar-refractivity contribution in [1.82, 2.24) is 10.5 Å². The number of hydrogen-bond donors (Lipinski definition) is 4. The molecular formula is C3H6N4O2. The van der Waals surface area contributed by atoms with Gasteiger partial charge in [-0.25, -0.2) is 15.5 Å². The van der Waals surface area contributed by atoms with Crippen LogP contribution in [-0.2, 0) is 0 Å². The van der Waals surface area contributed by atoms with Gasteiger partial charge in [0.15, 0.2) is 11.7 Å². The highest BCUT2D eigenvalue weighted by molar-refractivity contribution is 6.39. The molecule has 0 fully saturated rings. The van der Waals surface area contributed by atoms with Gasteiger partial charge in [0.1, 0.15) is 6.67 Å². The van der Waals surface area contributed by atoms with Crippen molar-refractivity contribution < 1.29 is 10.4 Å². The zero-order valence-electron chi connectivity index (χ0n) is 4.50. The first-order chi connectivity index (χ1) is 4.25. The van der Waals surface area contributed by atoms with E-state index in [0.29, 0.717) is 5.06 Å². The molecule has 0 amide bonds. The van der Waals surface area contributed by atoms with Crippen molar-refractivity contribution in [2.24, 2.45) is 4.99 Å². The molecule has 6 nitrogen and oxygen atoms in total. The molecule has 0 atom stereocenters. The highest BCUT2D eigenvalue weighted by atomic mass is 16.5. The fourth-order valence-electron chi connectivity index (χ4n) is 0.494. The third kappa shape index (κ3) is 0.843. The van der Waals surface area contributed by atoms with Gasteiger partial charge in [0.2, 0.25) is 0 Å². The summed E-state index contributed by atoms with van der Waals surface area (Å²) in [5.74, 6) is -0.241. The molecule has 0 aromatic carbocycles. The second kappa shape index (κ2) is 2.00. The highest BCUT2D eigenvalue weighted by Crippen LogP contribution is 1.95. The van der Waals surface area contributed by atoms with Crippen molar-refractivity contribution in [3.05, 3.63) is 0 Å². The number of nitrogens with zero attached hydrogens (tertiary/aromatic N) is 2. The molecule has 0 aromatic heterocycles. The monoisotopic (exact) mass is 130 g/mol. The zero-order chi connectivity index (χ0) is 6.85.